The van der Waals surface area contributed by atoms with Crippen LogP contribution in [0.25, 0.3) is 0 Å². The van der Waals surface area contributed by atoms with E-state index in [2.05, 4.69) is 10.3 Å². The van der Waals surface area contributed by atoms with Crippen LogP contribution in [-0.2, 0) is 0 Å². The molecule has 25 heavy (non-hydrogen) atoms. The summed E-state index contributed by atoms with van der Waals surface area (Å²) < 4.78 is 10.9. The highest BCUT2D eigenvalue weighted by molar-refractivity contribution is 6.27. The first-order chi connectivity index (χ1) is 12.0. The van der Waals surface area contributed by atoms with E-state index in [1.165, 1.54) is 26.4 Å². The largest absolute Gasteiger partial charge is 0.496 e. The fourth-order valence-corrected chi connectivity index (χ4v) is 2.75. The summed E-state index contributed by atoms with van der Waals surface area (Å²) in [5.41, 5.74) is 2.85. The van der Waals surface area contributed by atoms with Gasteiger partial charge in [0.2, 0.25) is 0 Å². The van der Waals surface area contributed by atoms with Crippen LogP contribution in [-0.4, -0.2) is 41.2 Å². The molecule has 0 spiro atoms. The molecule has 0 heterocycles. The lowest BCUT2D eigenvalue weighted by molar-refractivity contribution is 0.176. The van der Waals surface area contributed by atoms with Gasteiger partial charge in [-0.25, -0.2) is 0 Å². The number of rotatable bonds is 5. The zero-order chi connectivity index (χ0) is 18.6. The molecule has 3 N–H and O–H groups in total. The summed E-state index contributed by atoms with van der Waals surface area (Å²) in [4.78, 5) is 0. The van der Waals surface area contributed by atoms with Crippen molar-refractivity contribution in [3.8, 4) is 11.5 Å². The van der Waals surface area contributed by atoms with E-state index in [-0.39, 0.29) is 11.4 Å². The minimum Gasteiger partial charge on any atom is -0.496 e. The third-order valence-electron chi connectivity index (χ3n) is 3.93. The van der Waals surface area contributed by atoms with Crippen molar-refractivity contribution in [2.75, 3.05) is 14.2 Å². The number of benzene rings is 1. The zero-order valence-corrected chi connectivity index (χ0v) is 14.6. The lowest BCUT2D eigenvalue weighted by Crippen LogP contribution is -2.18. The number of hydrogen-bond donors (Lipinski definition) is 3. The van der Waals surface area contributed by atoms with E-state index in [0.717, 1.165) is 5.57 Å². The normalized spacial score (nSPS) is 17.3. The van der Waals surface area contributed by atoms with Crippen LogP contribution in [0.3, 0.4) is 0 Å². The van der Waals surface area contributed by atoms with E-state index in [1.807, 2.05) is 19.9 Å². The van der Waals surface area contributed by atoms with Gasteiger partial charge in [-0.2, -0.15) is 0 Å². The van der Waals surface area contributed by atoms with Crippen molar-refractivity contribution in [2.24, 2.45) is 10.3 Å². The number of ether oxygens (including phenoxy) is 2. The molecule has 1 aromatic carbocycles. The Balaban J connectivity index is 2.76. The Hall–Kier alpha value is -2.80. The van der Waals surface area contributed by atoms with Crippen molar-refractivity contribution in [1.82, 2.24) is 0 Å². The van der Waals surface area contributed by atoms with Crippen LogP contribution >= 0.6 is 0 Å². The third kappa shape index (κ3) is 3.51. The molecular formula is C18H22N2O5. The molecule has 0 radical (unpaired) electrons. The van der Waals surface area contributed by atoms with Crippen molar-refractivity contribution in [1.29, 1.82) is 0 Å². The highest BCUT2D eigenvalue weighted by atomic mass is 16.5. The Kier molecular flexibility index (Phi) is 5.82. The van der Waals surface area contributed by atoms with Crippen LogP contribution < -0.4 is 9.47 Å². The molecule has 0 saturated heterocycles. The molecule has 1 aromatic rings. The Labute approximate surface area is 146 Å². The molecule has 0 fully saturated rings. The molecule has 134 valence electrons. The van der Waals surface area contributed by atoms with Crippen LogP contribution in [0.2, 0.25) is 0 Å². The summed E-state index contributed by atoms with van der Waals surface area (Å²) in [7, 11) is 2.93. The minimum absolute atomic E-state index is 0.216. The maximum Gasteiger partial charge on any atom is 0.135 e. The van der Waals surface area contributed by atoms with Gasteiger partial charge in [-0.3, -0.25) is 0 Å². The Bertz CT molecular complexity index is 774. The average molecular weight is 346 g/mol. The van der Waals surface area contributed by atoms with Gasteiger partial charge in [0, 0.05) is 5.56 Å². The molecular weight excluding hydrogens is 324 g/mol. The van der Waals surface area contributed by atoms with Gasteiger partial charge in [0.1, 0.15) is 22.9 Å². The van der Waals surface area contributed by atoms with Crippen LogP contribution in [0.5, 0.6) is 11.5 Å². The van der Waals surface area contributed by atoms with Gasteiger partial charge in [0.25, 0.3) is 0 Å². The summed E-state index contributed by atoms with van der Waals surface area (Å²) in [6, 6.07) is 1.64. The Morgan fingerprint density at radius 1 is 1.08 bits per heavy atom. The Morgan fingerprint density at radius 3 is 2.16 bits per heavy atom. The van der Waals surface area contributed by atoms with E-state index in [0.29, 0.717) is 34.6 Å². The van der Waals surface area contributed by atoms with E-state index < -0.39 is 6.10 Å². The van der Waals surface area contributed by atoms with Gasteiger partial charge in [-0.1, -0.05) is 22.0 Å². The van der Waals surface area contributed by atoms with Crippen molar-refractivity contribution in [2.45, 2.75) is 26.4 Å². The molecule has 2 rings (SSSR count). The minimum atomic E-state index is -0.843. The maximum absolute atomic E-state index is 10.6. The second kappa shape index (κ2) is 7.85. The van der Waals surface area contributed by atoms with Gasteiger partial charge in [0.05, 0.1) is 31.5 Å². The molecule has 1 aliphatic rings. The summed E-state index contributed by atoms with van der Waals surface area (Å²) in [5, 5.41) is 35.8. The lowest BCUT2D eigenvalue weighted by Gasteiger charge is -2.24. The predicted molar refractivity (Wildman–Crippen MR) is 94.3 cm³/mol. The first-order valence-electron chi connectivity index (χ1n) is 7.71. The van der Waals surface area contributed by atoms with Crippen molar-refractivity contribution in [3.63, 3.8) is 0 Å². The number of oxime groups is 2. The van der Waals surface area contributed by atoms with Crippen molar-refractivity contribution in [3.05, 3.63) is 46.6 Å². The number of allylic oxidation sites excluding steroid dienone is 3. The summed E-state index contributed by atoms with van der Waals surface area (Å²) >= 11 is 0. The van der Waals surface area contributed by atoms with Crippen LogP contribution in [0.1, 0.15) is 43.1 Å². The standard InChI is InChI=1S/C18H22N2O5/c1-10(2)5-8-14(21)11-9-15(24-3)16-12(19-22)6-7-13(20-23)17(16)18(11)25-4/h5-7,9,14,21-23H,8H2,1-4H3/b19-12-,20-13-/t14-/m0/s1. The fraction of sp³-hybridized carbons (Fsp3) is 0.333. The van der Waals surface area contributed by atoms with E-state index in [9.17, 15) is 15.5 Å². The molecule has 1 aliphatic carbocycles. The topological polar surface area (TPSA) is 104 Å². The zero-order valence-electron chi connectivity index (χ0n) is 14.6. The molecule has 0 bridgehead atoms. The summed E-state index contributed by atoms with van der Waals surface area (Å²) in [5.74, 6) is 0.712. The highest BCUT2D eigenvalue weighted by Crippen LogP contribution is 2.41. The van der Waals surface area contributed by atoms with E-state index >= 15 is 0 Å². The second-order valence-electron chi connectivity index (χ2n) is 5.79. The van der Waals surface area contributed by atoms with Crippen LogP contribution in [0.4, 0.5) is 0 Å². The molecule has 7 nitrogen and oxygen atoms in total. The number of methoxy groups -OCH3 is 2. The first kappa shape index (κ1) is 18.5. The van der Waals surface area contributed by atoms with Gasteiger partial charge in [0.15, 0.2) is 0 Å². The van der Waals surface area contributed by atoms with E-state index in [4.69, 9.17) is 9.47 Å². The quantitative estimate of drug-likeness (QED) is 0.432. The molecule has 0 aromatic heterocycles. The van der Waals surface area contributed by atoms with Crippen LogP contribution in [0, 0.1) is 0 Å². The molecule has 0 amide bonds. The van der Waals surface area contributed by atoms with Crippen molar-refractivity contribution >= 4 is 11.4 Å². The second-order valence-corrected chi connectivity index (χ2v) is 5.79. The van der Waals surface area contributed by atoms with Gasteiger partial charge in [-0.05, 0) is 38.5 Å². The first-order valence-corrected chi connectivity index (χ1v) is 7.71. The Morgan fingerprint density at radius 2 is 1.68 bits per heavy atom. The van der Waals surface area contributed by atoms with Gasteiger partial charge < -0.3 is 25.0 Å². The molecule has 0 saturated carbocycles. The van der Waals surface area contributed by atoms with E-state index in [1.54, 1.807) is 6.07 Å². The number of hydrogen-bond acceptors (Lipinski definition) is 7. The predicted octanol–water partition coefficient (Wildman–Crippen LogP) is 3.02. The number of aliphatic hydroxyl groups excluding tert-OH is 1. The summed E-state index contributed by atoms with van der Waals surface area (Å²) in [6.45, 7) is 3.89. The summed E-state index contributed by atoms with van der Waals surface area (Å²) in [6.07, 6.45) is 4.45. The lowest BCUT2D eigenvalue weighted by atomic mass is 9.88. The number of fused-ring (bicyclic) bond motifs is 1. The highest BCUT2D eigenvalue weighted by Gasteiger charge is 2.30. The maximum atomic E-state index is 10.6. The average Bonchev–Trinajstić information content (AvgIpc) is 2.63. The number of aliphatic hydroxyl groups is 1. The van der Waals surface area contributed by atoms with Gasteiger partial charge in [-0.15, -0.1) is 0 Å². The molecule has 1 atom stereocenters. The van der Waals surface area contributed by atoms with Gasteiger partial charge >= 0.3 is 0 Å². The number of nitrogens with zero attached hydrogens (tertiary/aromatic N) is 2. The molecule has 7 heteroatoms. The van der Waals surface area contributed by atoms with Crippen LogP contribution in [0.15, 0.2) is 40.2 Å². The fourth-order valence-electron chi connectivity index (χ4n) is 2.75. The smallest absolute Gasteiger partial charge is 0.135 e. The molecule has 0 aliphatic heterocycles. The molecule has 0 unspecified atom stereocenters. The SMILES string of the molecule is COc1cc([C@@H](O)CC=C(C)C)c(OC)c2c1/C(=N\O)C=C/C2=N/O. The third-order valence-corrected chi connectivity index (χ3v) is 3.93. The monoisotopic (exact) mass is 346 g/mol. The van der Waals surface area contributed by atoms with Crippen molar-refractivity contribution < 1.29 is 25.0 Å².